The molecule has 0 radical (unpaired) electrons. The zero-order valence-electron chi connectivity index (χ0n) is 10.9. The number of carbonyl (C=O) groups excluding carboxylic acids is 1. The third-order valence-electron chi connectivity index (χ3n) is 3.12. The van der Waals surface area contributed by atoms with Gasteiger partial charge in [-0.25, -0.2) is 10.1 Å². The molecule has 1 aliphatic rings. The Balaban J connectivity index is 2.56. The van der Waals surface area contributed by atoms with Crippen molar-refractivity contribution in [2.75, 3.05) is 6.61 Å². The van der Waals surface area contributed by atoms with Crippen LogP contribution in [0.25, 0.3) is 0 Å². The lowest BCUT2D eigenvalue weighted by atomic mass is 9.93. The Labute approximate surface area is 102 Å². The Kier molecular flexibility index (Phi) is 4.91. The second-order valence-corrected chi connectivity index (χ2v) is 5.17. The first-order valence-corrected chi connectivity index (χ1v) is 6.20. The molecule has 0 saturated carbocycles. The van der Waals surface area contributed by atoms with Crippen LogP contribution in [-0.4, -0.2) is 29.1 Å². The van der Waals surface area contributed by atoms with Gasteiger partial charge in [0.1, 0.15) is 0 Å². The lowest BCUT2D eigenvalue weighted by Gasteiger charge is -2.27. The van der Waals surface area contributed by atoms with Gasteiger partial charge in [-0.05, 0) is 13.3 Å². The maximum absolute atomic E-state index is 11.1. The highest BCUT2D eigenvalue weighted by atomic mass is 17.1. The van der Waals surface area contributed by atoms with E-state index in [9.17, 15) is 4.79 Å². The summed E-state index contributed by atoms with van der Waals surface area (Å²) >= 11 is 0. The van der Waals surface area contributed by atoms with Crippen LogP contribution >= 0.6 is 0 Å². The van der Waals surface area contributed by atoms with Crippen LogP contribution in [0.5, 0.6) is 0 Å². The van der Waals surface area contributed by atoms with Crippen LogP contribution in [0.15, 0.2) is 0 Å². The van der Waals surface area contributed by atoms with E-state index in [4.69, 9.17) is 9.99 Å². The Bertz CT molecular complexity index is 271. The van der Waals surface area contributed by atoms with Gasteiger partial charge in [0.2, 0.25) is 11.7 Å². The van der Waals surface area contributed by atoms with Crippen LogP contribution in [0.3, 0.4) is 0 Å². The molecule has 1 rings (SSSR count). The lowest BCUT2D eigenvalue weighted by molar-refractivity contribution is -0.394. The van der Waals surface area contributed by atoms with Crippen molar-refractivity contribution in [2.45, 2.75) is 64.2 Å². The highest BCUT2D eigenvalue weighted by Gasteiger charge is 2.48. The quantitative estimate of drug-likeness (QED) is 0.427. The molecule has 0 aromatic carbocycles. The van der Waals surface area contributed by atoms with Gasteiger partial charge >= 0.3 is 0 Å². The van der Waals surface area contributed by atoms with Gasteiger partial charge in [-0.15, -0.1) is 0 Å². The molecule has 1 saturated heterocycles. The molecule has 1 fully saturated rings. The second-order valence-electron chi connectivity index (χ2n) is 5.17. The fourth-order valence-corrected chi connectivity index (χ4v) is 2.40. The minimum Gasteiger partial charge on any atom is -0.349 e. The third-order valence-corrected chi connectivity index (χ3v) is 3.12. The molecule has 2 N–H and O–H groups in total. The minimum atomic E-state index is -0.952. The molecule has 0 aromatic heterocycles. The number of unbranched alkanes of at least 4 members (excludes halogenated alkanes) is 2. The molecule has 100 valence electrons. The molecule has 17 heavy (non-hydrogen) atoms. The van der Waals surface area contributed by atoms with Crippen LogP contribution in [0.2, 0.25) is 0 Å². The van der Waals surface area contributed by atoms with Crippen molar-refractivity contribution in [2.24, 2.45) is 0 Å². The number of ether oxygens (including phenoxy) is 1. The zero-order chi connectivity index (χ0) is 12.9. The van der Waals surface area contributed by atoms with Crippen molar-refractivity contribution in [3.8, 4) is 0 Å². The SMILES string of the molecule is CCCCC[C@]1(OO)C[C@@](C)(NC(C)=O)CO1. The van der Waals surface area contributed by atoms with E-state index in [1.54, 1.807) is 0 Å². The van der Waals surface area contributed by atoms with Crippen LogP contribution < -0.4 is 5.32 Å². The number of nitrogens with one attached hydrogen (secondary N) is 1. The van der Waals surface area contributed by atoms with Crippen molar-refractivity contribution in [1.82, 2.24) is 5.32 Å². The van der Waals surface area contributed by atoms with Gasteiger partial charge in [0.25, 0.3) is 0 Å². The average molecular weight is 245 g/mol. The summed E-state index contributed by atoms with van der Waals surface area (Å²) in [5.74, 6) is -1.05. The van der Waals surface area contributed by atoms with E-state index in [1.807, 2.05) is 6.92 Å². The minimum absolute atomic E-state index is 0.0987. The van der Waals surface area contributed by atoms with E-state index in [1.165, 1.54) is 6.92 Å². The fourth-order valence-electron chi connectivity index (χ4n) is 2.40. The molecule has 0 unspecified atom stereocenters. The predicted molar refractivity (Wildman–Crippen MR) is 63.4 cm³/mol. The van der Waals surface area contributed by atoms with Crippen molar-refractivity contribution in [3.63, 3.8) is 0 Å². The summed E-state index contributed by atoms with van der Waals surface area (Å²) < 4.78 is 5.57. The van der Waals surface area contributed by atoms with Crippen molar-refractivity contribution in [3.05, 3.63) is 0 Å². The zero-order valence-corrected chi connectivity index (χ0v) is 10.9. The maximum atomic E-state index is 11.1. The Morgan fingerprint density at radius 3 is 2.76 bits per heavy atom. The number of amides is 1. The van der Waals surface area contributed by atoms with E-state index >= 15 is 0 Å². The molecule has 1 heterocycles. The monoisotopic (exact) mass is 245 g/mol. The van der Waals surface area contributed by atoms with Crippen molar-refractivity contribution < 1.29 is 19.7 Å². The fraction of sp³-hybridized carbons (Fsp3) is 0.917. The number of rotatable bonds is 6. The maximum Gasteiger partial charge on any atom is 0.217 e. The molecule has 1 amide bonds. The van der Waals surface area contributed by atoms with Crippen LogP contribution in [-0.2, 0) is 14.4 Å². The molecule has 0 spiro atoms. The van der Waals surface area contributed by atoms with Crippen LogP contribution in [0, 0.1) is 0 Å². The summed E-state index contributed by atoms with van der Waals surface area (Å²) in [4.78, 5) is 15.6. The van der Waals surface area contributed by atoms with Gasteiger partial charge < -0.3 is 10.1 Å². The first kappa shape index (κ1) is 14.4. The number of hydrogen-bond acceptors (Lipinski definition) is 4. The highest BCUT2D eigenvalue weighted by Crippen LogP contribution is 2.37. The molecule has 0 aromatic rings. The van der Waals surface area contributed by atoms with Gasteiger partial charge in [-0.3, -0.25) is 4.79 Å². The summed E-state index contributed by atoms with van der Waals surface area (Å²) in [6.45, 7) is 5.85. The van der Waals surface area contributed by atoms with E-state index in [0.717, 1.165) is 19.3 Å². The Morgan fingerprint density at radius 1 is 1.53 bits per heavy atom. The summed E-state index contributed by atoms with van der Waals surface area (Å²) in [5.41, 5.74) is -0.458. The number of hydrogen-bond donors (Lipinski definition) is 2. The average Bonchev–Trinajstić information content (AvgIpc) is 2.56. The van der Waals surface area contributed by atoms with Crippen molar-refractivity contribution in [1.29, 1.82) is 0 Å². The molecule has 5 nitrogen and oxygen atoms in total. The normalized spacial score (nSPS) is 32.7. The van der Waals surface area contributed by atoms with E-state index < -0.39 is 11.3 Å². The van der Waals surface area contributed by atoms with Crippen LogP contribution in [0.4, 0.5) is 0 Å². The van der Waals surface area contributed by atoms with Gasteiger partial charge in [0.15, 0.2) is 0 Å². The standard InChI is InChI=1S/C12H23NO4/c1-4-5-6-7-12(17-15)8-11(3,9-16-12)13-10(2)14/h15H,4-9H2,1-3H3,(H,13,14)/t11-,12+/m1/s1. The van der Waals surface area contributed by atoms with E-state index in [-0.39, 0.29) is 5.91 Å². The summed E-state index contributed by atoms with van der Waals surface area (Å²) in [6, 6.07) is 0. The molecule has 0 aliphatic carbocycles. The number of carbonyl (C=O) groups is 1. The summed E-state index contributed by atoms with van der Waals surface area (Å²) in [5, 5.41) is 11.9. The second kappa shape index (κ2) is 5.80. The van der Waals surface area contributed by atoms with Crippen molar-refractivity contribution >= 4 is 5.91 Å². The largest absolute Gasteiger partial charge is 0.349 e. The molecular formula is C12H23NO4. The first-order chi connectivity index (χ1) is 7.95. The Hall–Kier alpha value is -0.650. The van der Waals surface area contributed by atoms with E-state index in [0.29, 0.717) is 19.4 Å². The van der Waals surface area contributed by atoms with Gasteiger partial charge in [-0.2, -0.15) is 0 Å². The summed E-state index contributed by atoms with van der Waals surface area (Å²) in [6.07, 6.45) is 4.23. The van der Waals surface area contributed by atoms with Crippen LogP contribution in [0.1, 0.15) is 52.9 Å². The van der Waals surface area contributed by atoms with Gasteiger partial charge in [0, 0.05) is 19.8 Å². The third kappa shape index (κ3) is 3.94. The molecular weight excluding hydrogens is 222 g/mol. The molecule has 5 heteroatoms. The lowest BCUT2D eigenvalue weighted by Crippen LogP contribution is -2.46. The molecule has 0 bridgehead atoms. The smallest absolute Gasteiger partial charge is 0.217 e. The Morgan fingerprint density at radius 2 is 2.24 bits per heavy atom. The topological polar surface area (TPSA) is 67.8 Å². The predicted octanol–water partition coefficient (Wildman–Crippen LogP) is 2.07. The van der Waals surface area contributed by atoms with Gasteiger partial charge in [-0.1, -0.05) is 19.8 Å². The molecule has 2 atom stereocenters. The first-order valence-electron chi connectivity index (χ1n) is 6.20. The van der Waals surface area contributed by atoms with Gasteiger partial charge in [0.05, 0.1) is 12.1 Å². The summed E-state index contributed by atoms with van der Waals surface area (Å²) in [7, 11) is 0. The molecule has 1 aliphatic heterocycles. The highest BCUT2D eigenvalue weighted by molar-refractivity contribution is 5.73. The van der Waals surface area contributed by atoms with E-state index in [2.05, 4.69) is 17.1 Å².